The molecule has 0 fully saturated rings. The lowest BCUT2D eigenvalue weighted by atomic mass is 10.2. The fourth-order valence-electron chi connectivity index (χ4n) is 2.30. The molecule has 0 amide bonds. The average molecular weight is 324 g/mol. The highest BCUT2D eigenvalue weighted by atomic mass is 16.4. The monoisotopic (exact) mass is 324 g/mol. The second kappa shape index (κ2) is 7.65. The van der Waals surface area contributed by atoms with Gasteiger partial charge in [0.25, 0.3) is 0 Å². The number of nitrogens with one attached hydrogen (secondary N) is 1. The van der Waals surface area contributed by atoms with Crippen molar-refractivity contribution in [3.63, 3.8) is 0 Å². The molecule has 2 aromatic heterocycles. The van der Waals surface area contributed by atoms with Crippen molar-refractivity contribution >= 4 is 5.95 Å². The minimum atomic E-state index is 0.579. The molecule has 0 aliphatic carbocycles. The van der Waals surface area contributed by atoms with Gasteiger partial charge in [-0.2, -0.15) is 0 Å². The first-order valence-electron chi connectivity index (χ1n) is 7.75. The van der Waals surface area contributed by atoms with E-state index in [1.165, 1.54) is 5.56 Å². The summed E-state index contributed by atoms with van der Waals surface area (Å²) in [6.07, 6.45) is 3.66. The van der Waals surface area contributed by atoms with Gasteiger partial charge in [0.1, 0.15) is 0 Å². The molecule has 7 heteroatoms. The van der Waals surface area contributed by atoms with Gasteiger partial charge < -0.3 is 9.73 Å². The zero-order chi connectivity index (χ0) is 16.8. The van der Waals surface area contributed by atoms with Crippen LogP contribution in [-0.2, 0) is 19.6 Å². The summed E-state index contributed by atoms with van der Waals surface area (Å²) in [7, 11) is 1.99. The van der Waals surface area contributed by atoms with Gasteiger partial charge in [-0.15, -0.1) is 10.2 Å². The number of anilines is 1. The van der Waals surface area contributed by atoms with Crippen molar-refractivity contribution < 1.29 is 4.42 Å². The van der Waals surface area contributed by atoms with Crippen LogP contribution in [-0.4, -0.2) is 32.1 Å². The first-order valence-corrected chi connectivity index (χ1v) is 7.75. The fourth-order valence-corrected chi connectivity index (χ4v) is 2.30. The van der Waals surface area contributed by atoms with E-state index in [0.29, 0.717) is 37.4 Å². The quantitative estimate of drug-likeness (QED) is 0.715. The first kappa shape index (κ1) is 16.1. The minimum absolute atomic E-state index is 0.579. The first-order chi connectivity index (χ1) is 11.7. The van der Waals surface area contributed by atoms with E-state index in [9.17, 15) is 0 Å². The summed E-state index contributed by atoms with van der Waals surface area (Å²) in [6.45, 7) is 3.79. The van der Waals surface area contributed by atoms with Crippen LogP contribution >= 0.6 is 0 Å². The van der Waals surface area contributed by atoms with Gasteiger partial charge in [0, 0.05) is 38.0 Å². The lowest BCUT2D eigenvalue weighted by molar-refractivity contribution is 0.278. The largest absolute Gasteiger partial charge is 0.424 e. The Morgan fingerprint density at radius 2 is 1.75 bits per heavy atom. The summed E-state index contributed by atoms with van der Waals surface area (Å²) in [5.41, 5.74) is 2.22. The lowest BCUT2D eigenvalue weighted by Crippen LogP contribution is -2.18. The van der Waals surface area contributed by atoms with E-state index in [2.05, 4.69) is 42.5 Å². The Hall–Kier alpha value is -2.80. The Morgan fingerprint density at radius 3 is 2.42 bits per heavy atom. The minimum Gasteiger partial charge on any atom is -0.424 e. The number of hydrogen-bond donors (Lipinski definition) is 1. The molecule has 1 aromatic carbocycles. The number of aryl methyl sites for hydroxylation is 1. The smallest absolute Gasteiger partial charge is 0.230 e. The summed E-state index contributed by atoms with van der Waals surface area (Å²) in [5, 5.41) is 11.0. The Bertz CT molecular complexity index is 756. The summed E-state index contributed by atoms with van der Waals surface area (Å²) in [4.78, 5) is 10.8. The lowest BCUT2D eigenvalue weighted by Gasteiger charge is -2.14. The summed E-state index contributed by atoms with van der Waals surface area (Å²) < 4.78 is 5.38. The third kappa shape index (κ3) is 4.60. The third-order valence-corrected chi connectivity index (χ3v) is 3.42. The van der Waals surface area contributed by atoms with Crippen LogP contribution in [0.2, 0.25) is 0 Å². The Labute approximate surface area is 140 Å². The maximum absolute atomic E-state index is 5.38. The molecule has 0 unspecified atom stereocenters. The maximum Gasteiger partial charge on any atom is 0.230 e. The zero-order valence-electron chi connectivity index (χ0n) is 13.8. The molecule has 0 radical (unpaired) electrons. The SMILES string of the molecule is Cc1nnc(CN(C)Cc2cnc(NCc3ccccc3)nc2)o1. The van der Waals surface area contributed by atoms with Crippen LogP contribution in [0.15, 0.2) is 47.1 Å². The van der Waals surface area contributed by atoms with Gasteiger partial charge in [0.2, 0.25) is 17.7 Å². The van der Waals surface area contributed by atoms with Crippen molar-refractivity contribution in [2.75, 3.05) is 12.4 Å². The maximum atomic E-state index is 5.38. The molecule has 0 aliphatic heterocycles. The van der Waals surface area contributed by atoms with Crippen molar-refractivity contribution in [2.24, 2.45) is 0 Å². The molecule has 0 saturated heterocycles. The molecule has 24 heavy (non-hydrogen) atoms. The molecule has 0 bridgehead atoms. The van der Waals surface area contributed by atoms with Crippen molar-refractivity contribution in [1.29, 1.82) is 0 Å². The number of benzene rings is 1. The second-order valence-corrected chi connectivity index (χ2v) is 5.64. The Morgan fingerprint density at radius 1 is 1.00 bits per heavy atom. The van der Waals surface area contributed by atoms with Crippen molar-refractivity contribution in [1.82, 2.24) is 25.1 Å². The van der Waals surface area contributed by atoms with E-state index >= 15 is 0 Å². The van der Waals surface area contributed by atoms with Gasteiger partial charge >= 0.3 is 0 Å². The van der Waals surface area contributed by atoms with Crippen LogP contribution in [0.5, 0.6) is 0 Å². The molecule has 124 valence electrons. The van der Waals surface area contributed by atoms with Crippen LogP contribution < -0.4 is 5.32 Å². The summed E-state index contributed by atoms with van der Waals surface area (Å²) in [6, 6.07) is 10.2. The molecule has 3 aromatic rings. The number of hydrogen-bond acceptors (Lipinski definition) is 7. The second-order valence-electron chi connectivity index (χ2n) is 5.64. The van der Waals surface area contributed by atoms with Crippen LogP contribution in [0.25, 0.3) is 0 Å². The van der Waals surface area contributed by atoms with Gasteiger partial charge in [0.15, 0.2) is 0 Å². The van der Waals surface area contributed by atoms with Gasteiger partial charge in [-0.1, -0.05) is 30.3 Å². The standard InChI is InChI=1S/C17H20N6O/c1-13-21-22-16(24-13)12-23(2)11-15-9-19-17(20-10-15)18-8-14-6-4-3-5-7-14/h3-7,9-10H,8,11-12H2,1-2H3,(H,18,19,20). The van der Waals surface area contributed by atoms with E-state index in [0.717, 1.165) is 5.56 Å². The Balaban J connectivity index is 1.50. The normalized spacial score (nSPS) is 11.0. The molecule has 0 atom stereocenters. The topological polar surface area (TPSA) is 80.0 Å². The van der Waals surface area contributed by atoms with Crippen molar-refractivity contribution in [3.05, 3.63) is 65.6 Å². The van der Waals surface area contributed by atoms with Crippen molar-refractivity contribution in [3.8, 4) is 0 Å². The van der Waals surface area contributed by atoms with Crippen molar-refractivity contribution in [2.45, 2.75) is 26.6 Å². The predicted octanol–water partition coefficient (Wildman–Crippen LogP) is 2.41. The zero-order valence-corrected chi connectivity index (χ0v) is 13.8. The molecule has 0 aliphatic rings. The highest BCUT2D eigenvalue weighted by Crippen LogP contribution is 2.08. The molecule has 0 spiro atoms. The molecule has 2 heterocycles. The number of rotatable bonds is 7. The van der Waals surface area contributed by atoms with E-state index in [1.807, 2.05) is 37.6 Å². The van der Waals surface area contributed by atoms with Gasteiger partial charge in [-0.05, 0) is 12.6 Å². The molecule has 3 rings (SSSR count). The summed E-state index contributed by atoms with van der Waals surface area (Å²) in [5.74, 6) is 1.81. The van der Waals surface area contributed by atoms with E-state index in [-0.39, 0.29) is 0 Å². The molecular weight excluding hydrogens is 304 g/mol. The van der Waals surface area contributed by atoms with Crippen LogP contribution in [0.4, 0.5) is 5.95 Å². The highest BCUT2D eigenvalue weighted by molar-refractivity contribution is 5.27. The predicted molar refractivity (Wildman–Crippen MR) is 90.0 cm³/mol. The van der Waals surface area contributed by atoms with Crippen LogP contribution in [0.1, 0.15) is 22.9 Å². The van der Waals surface area contributed by atoms with E-state index in [1.54, 1.807) is 6.92 Å². The van der Waals surface area contributed by atoms with Crippen LogP contribution in [0, 0.1) is 6.92 Å². The van der Waals surface area contributed by atoms with E-state index < -0.39 is 0 Å². The Kier molecular flexibility index (Phi) is 5.12. The average Bonchev–Trinajstić information content (AvgIpc) is 3.00. The molecular formula is C17H20N6O. The fraction of sp³-hybridized carbons (Fsp3) is 0.294. The van der Waals surface area contributed by atoms with Gasteiger partial charge in [-0.3, -0.25) is 4.90 Å². The molecule has 7 nitrogen and oxygen atoms in total. The van der Waals surface area contributed by atoms with Gasteiger partial charge in [-0.25, -0.2) is 9.97 Å². The number of nitrogens with zero attached hydrogens (tertiary/aromatic N) is 5. The van der Waals surface area contributed by atoms with E-state index in [4.69, 9.17) is 4.42 Å². The number of aromatic nitrogens is 4. The molecule has 0 saturated carbocycles. The van der Waals surface area contributed by atoms with Crippen LogP contribution in [0.3, 0.4) is 0 Å². The molecule has 1 N–H and O–H groups in total. The summed E-state index contributed by atoms with van der Waals surface area (Å²) >= 11 is 0. The third-order valence-electron chi connectivity index (χ3n) is 3.42. The highest BCUT2D eigenvalue weighted by Gasteiger charge is 2.08. The van der Waals surface area contributed by atoms with Gasteiger partial charge in [0.05, 0.1) is 6.54 Å².